The Morgan fingerprint density at radius 3 is 3.06 bits per heavy atom. The average Bonchev–Trinajstić information content (AvgIpc) is 2.94. The number of aromatic nitrogens is 2. The van der Waals surface area contributed by atoms with Gasteiger partial charge in [-0.2, -0.15) is 5.10 Å². The Hall–Kier alpha value is -0.830. The molecule has 0 saturated heterocycles. The van der Waals surface area contributed by atoms with Crippen molar-refractivity contribution in [3.05, 3.63) is 17.5 Å². The summed E-state index contributed by atoms with van der Waals surface area (Å²) in [6.45, 7) is 3.59. The molecule has 1 aromatic heterocycles. The molecule has 1 heterocycles. The Bertz CT molecular complexity index is 410. The zero-order chi connectivity index (χ0) is 12.5. The number of nitrogens with one attached hydrogen (secondary N) is 1. The highest BCUT2D eigenvalue weighted by molar-refractivity contribution is 5.24. The molecule has 0 aromatic carbocycles. The summed E-state index contributed by atoms with van der Waals surface area (Å²) in [6.07, 6.45) is 10.1. The fourth-order valence-corrected chi connectivity index (χ4v) is 3.74. The monoisotopic (exact) mass is 247 g/mol. The number of nitrogens with zero attached hydrogens (tertiary/aromatic N) is 2. The predicted octanol–water partition coefficient (Wildman–Crippen LogP) is 2.82. The molecular formula is C15H25N3. The zero-order valence-corrected chi connectivity index (χ0v) is 11.7. The number of hydrogen-bond donors (Lipinski definition) is 1. The van der Waals surface area contributed by atoms with Gasteiger partial charge >= 0.3 is 0 Å². The number of fused-ring (bicyclic) bond motifs is 1. The molecule has 3 unspecified atom stereocenters. The number of aryl methyl sites for hydroxylation is 1. The molecule has 2 aliphatic carbocycles. The standard InChI is InChI=1S/C15H25N3/c1-11-6-7-12(8-11)9-16-14-4-3-5-15-13(14)10-17-18(15)2/h10-12,14,16H,3-9H2,1-2H3. The fourth-order valence-electron chi connectivity index (χ4n) is 3.74. The van der Waals surface area contributed by atoms with Crippen molar-refractivity contribution >= 4 is 0 Å². The van der Waals surface area contributed by atoms with E-state index in [1.165, 1.54) is 56.3 Å². The second-order valence-corrected chi connectivity index (χ2v) is 6.31. The second-order valence-electron chi connectivity index (χ2n) is 6.31. The Balaban J connectivity index is 1.60. The third-order valence-corrected chi connectivity index (χ3v) is 4.83. The molecule has 0 aliphatic heterocycles. The third-order valence-electron chi connectivity index (χ3n) is 4.83. The molecule has 1 N–H and O–H groups in total. The molecule has 0 bridgehead atoms. The lowest BCUT2D eigenvalue weighted by Crippen LogP contribution is -2.29. The van der Waals surface area contributed by atoms with Gasteiger partial charge in [0.25, 0.3) is 0 Å². The number of hydrogen-bond acceptors (Lipinski definition) is 2. The molecule has 2 aliphatic rings. The SMILES string of the molecule is CC1CCC(CNC2CCCc3c2cnn3C)C1. The van der Waals surface area contributed by atoms with Gasteiger partial charge in [0, 0.05) is 24.3 Å². The zero-order valence-electron chi connectivity index (χ0n) is 11.7. The minimum absolute atomic E-state index is 0.554. The van der Waals surface area contributed by atoms with Crippen molar-refractivity contribution in [3.8, 4) is 0 Å². The highest BCUT2D eigenvalue weighted by Gasteiger charge is 2.26. The van der Waals surface area contributed by atoms with E-state index >= 15 is 0 Å². The molecule has 1 fully saturated rings. The second kappa shape index (κ2) is 5.04. The quantitative estimate of drug-likeness (QED) is 0.890. The van der Waals surface area contributed by atoms with Crippen LogP contribution in [0.25, 0.3) is 0 Å². The summed E-state index contributed by atoms with van der Waals surface area (Å²) in [5.74, 6) is 1.85. The van der Waals surface area contributed by atoms with E-state index < -0.39 is 0 Å². The first-order valence-electron chi connectivity index (χ1n) is 7.48. The van der Waals surface area contributed by atoms with Gasteiger partial charge in [0.15, 0.2) is 0 Å². The van der Waals surface area contributed by atoms with Gasteiger partial charge in [0.1, 0.15) is 0 Å². The van der Waals surface area contributed by atoms with Crippen LogP contribution in [0.15, 0.2) is 6.20 Å². The molecule has 100 valence electrons. The first kappa shape index (κ1) is 12.2. The van der Waals surface area contributed by atoms with Crippen LogP contribution < -0.4 is 5.32 Å². The normalized spacial score (nSPS) is 31.6. The van der Waals surface area contributed by atoms with Crippen LogP contribution in [-0.2, 0) is 13.5 Å². The van der Waals surface area contributed by atoms with E-state index in [0.717, 1.165) is 11.8 Å². The minimum atomic E-state index is 0.554. The molecule has 0 radical (unpaired) electrons. The van der Waals surface area contributed by atoms with Crippen LogP contribution in [0, 0.1) is 11.8 Å². The number of rotatable bonds is 3. The summed E-state index contributed by atoms with van der Waals surface area (Å²) in [7, 11) is 2.07. The topological polar surface area (TPSA) is 29.9 Å². The van der Waals surface area contributed by atoms with Gasteiger partial charge in [-0.05, 0) is 50.5 Å². The van der Waals surface area contributed by atoms with Gasteiger partial charge < -0.3 is 5.32 Å². The van der Waals surface area contributed by atoms with Crippen molar-refractivity contribution in [2.45, 2.75) is 51.5 Å². The first-order chi connectivity index (χ1) is 8.74. The van der Waals surface area contributed by atoms with E-state index in [2.05, 4.69) is 35.3 Å². The maximum Gasteiger partial charge on any atom is 0.0540 e. The van der Waals surface area contributed by atoms with Gasteiger partial charge in [-0.15, -0.1) is 0 Å². The molecule has 3 nitrogen and oxygen atoms in total. The van der Waals surface area contributed by atoms with Gasteiger partial charge in [-0.1, -0.05) is 13.3 Å². The van der Waals surface area contributed by atoms with Crippen LogP contribution in [0.1, 0.15) is 56.3 Å². The van der Waals surface area contributed by atoms with Crippen molar-refractivity contribution in [3.63, 3.8) is 0 Å². The summed E-state index contributed by atoms with van der Waals surface area (Å²) in [6, 6.07) is 0.554. The van der Waals surface area contributed by atoms with Crippen LogP contribution in [0.4, 0.5) is 0 Å². The van der Waals surface area contributed by atoms with E-state index in [9.17, 15) is 0 Å². The molecular weight excluding hydrogens is 222 g/mol. The van der Waals surface area contributed by atoms with Crippen molar-refractivity contribution in [1.29, 1.82) is 0 Å². The van der Waals surface area contributed by atoms with Crippen molar-refractivity contribution in [1.82, 2.24) is 15.1 Å². The third kappa shape index (κ3) is 2.33. The lowest BCUT2D eigenvalue weighted by molar-refractivity contribution is 0.395. The van der Waals surface area contributed by atoms with Crippen LogP contribution in [-0.4, -0.2) is 16.3 Å². The molecule has 0 spiro atoms. The molecule has 3 atom stereocenters. The van der Waals surface area contributed by atoms with Crippen molar-refractivity contribution < 1.29 is 0 Å². The minimum Gasteiger partial charge on any atom is -0.310 e. The highest BCUT2D eigenvalue weighted by atomic mass is 15.3. The molecule has 1 saturated carbocycles. The van der Waals surface area contributed by atoms with Crippen LogP contribution in [0.2, 0.25) is 0 Å². The van der Waals surface area contributed by atoms with Crippen LogP contribution >= 0.6 is 0 Å². The lowest BCUT2D eigenvalue weighted by atomic mass is 9.92. The maximum absolute atomic E-state index is 4.42. The summed E-state index contributed by atoms with van der Waals surface area (Å²) in [5.41, 5.74) is 2.90. The molecule has 3 heteroatoms. The molecule has 18 heavy (non-hydrogen) atoms. The van der Waals surface area contributed by atoms with E-state index in [-0.39, 0.29) is 0 Å². The Kier molecular flexibility index (Phi) is 3.42. The predicted molar refractivity (Wildman–Crippen MR) is 73.4 cm³/mol. The molecule has 1 aromatic rings. The van der Waals surface area contributed by atoms with Gasteiger partial charge in [-0.25, -0.2) is 0 Å². The Labute approximate surface area is 110 Å². The lowest BCUT2D eigenvalue weighted by Gasteiger charge is -2.25. The van der Waals surface area contributed by atoms with Crippen LogP contribution in [0.5, 0.6) is 0 Å². The van der Waals surface area contributed by atoms with Crippen LogP contribution in [0.3, 0.4) is 0 Å². The van der Waals surface area contributed by atoms with Gasteiger partial charge in [0.2, 0.25) is 0 Å². The summed E-state index contributed by atoms with van der Waals surface area (Å²) >= 11 is 0. The van der Waals surface area contributed by atoms with E-state index in [1.807, 2.05) is 0 Å². The van der Waals surface area contributed by atoms with Crippen molar-refractivity contribution in [2.75, 3.05) is 6.54 Å². The maximum atomic E-state index is 4.42. The largest absolute Gasteiger partial charge is 0.310 e. The van der Waals surface area contributed by atoms with E-state index in [4.69, 9.17) is 0 Å². The Morgan fingerprint density at radius 1 is 1.39 bits per heavy atom. The van der Waals surface area contributed by atoms with E-state index in [1.54, 1.807) is 0 Å². The summed E-state index contributed by atoms with van der Waals surface area (Å²) in [5, 5.41) is 8.22. The summed E-state index contributed by atoms with van der Waals surface area (Å²) in [4.78, 5) is 0. The Morgan fingerprint density at radius 2 is 2.28 bits per heavy atom. The molecule has 3 rings (SSSR count). The first-order valence-corrected chi connectivity index (χ1v) is 7.48. The van der Waals surface area contributed by atoms with E-state index in [0.29, 0.717) is 6.04 Å². The van der Waals surface area contributed by atoms with Gasteiger partial charge in [0.05, 0.1) is 6.20 Å². The van der Waals surface area contributed by atoms with Crippen molar-refractivity contribution in [2.24, 2.45) is 18.9 Å². The summed E-state index contributed by atoms with van der Waals surface area (Å²) < 4.78 is 2.06. The molecule has 0 amide bonds. The fraction of sp³-hybridized carbons (Fsp3) is 0.800. The smallest absolute Gasteiger partial charge is 0.0540 e. The average molecular weight is 247 g/mol. The highest BCUT2D eigenvalue weighted by Crippen LogP contribution is 2.32. The van der Waals surface area contributed by atoms with Gasteiger partial charge in [-0.3, -0.25) is 4.68 Å².